The van der Waals surface area contributed by atoms with Gasteiger partial charge in [-0.15, -0.1) is 5.10 Å². The van der Waals surface area contributed by atoms with Crippen molar-refractivity contribution in [2.75, 3.05) is 20.3 Å². The first-order chi connectivity index (χ1) is 20.4. The van der Waals surface area contributed by atoms with Gasteiger partial charge in [-0.2, -0.15) is 4.68 Å². The molecule has 6 heterocycles. The highest BCUT2D eigenvalue weighted by Crippen LogP contribution is 2.55. The Bertz CT molecular complexity index is 1840. The van der Waals surface area contributed by atoms with Gasteiger partial charge in [0.1, 0.15) is 42.6 Å². The van der Waals surface area contributed by atoms with Crippen LogP contribution in [0.25, 0.3) is 22.3 Å². The standard InChI is InChI=1S/C20H24FN9O9P2S2/c1-9-23-18-15(19(31)24-9)27-28-30(18)20-16-14(21)11(38-20)6-36-40(32,42)35-4-3-29-13(8-37-41(33,43)39-16)25-10-5-22-12(7-34-2)26-17(10)29/h5,11,14,16,20H,3-4,6-8H2,1-2H3,(H,32,42)(H,33,43)(H,23,24,31)/t11-,14-,16-,20-,40?,41?/m1/s1. The molecule has 0 aliphatic carbocycles. The van der Waals surface area contributed by atoms with Crippen LogP contribution in [0.2, 0.25) is 0 Å². The van der Waals surface area contributed by atoms with Gasteiger partial charge in [0.2, 0.25) is 0 Å². The maximum atomic E-state index is 15.9. The third kappa shape index (κ3) is 6.30. The van der Waals surface area contributed by atoms with Crippen molar-refractivity contribution in [1.82, 2.24) is 44.5 Å². The molecule has 1 fully saturated rings. The van der Waals surface area contributed by atoms with Crippen LogP contribution in [0.1, 0.15) is 23.7 Å². The van der Waals surface area contributed by atoms with Gasteiger partial charge >= 0.3 is 13.5 Å². The molecule has 0 aromatic carbocycles. The molecule has 0 radical (unpaired) electrons. The van der Waals surface area contributed by atoms with Gasteiger partial charge in [0.25, 0.3) is 5.56 Å². The second kappa shape index (κ2) is 11.9. The summed E-state index contributed by atoms with van der Waals surface area (Å²) in [6.45, 7) is -7.69. The Morgan fingerprint density at radius 1 is 1.28 bits per heavy atom. The molecule has 2 bridgehead atoms. The lowest BCUT2D eigenvalue weighted by Crippen LogP contribution is -2.32. The van der Waals surface area contributed by atoms with E-state index in [1.54, 1.807) is 4.57 Å². The number of methoxy groups -OCH3 is 1. The maximum Gasteiger partial charge on any atom is 0.386 e. The molecular formula is C20H24FN9O9P2S2. The predicted octanol–water partition coefficient (Wildman–Crippen LogP) is 1.25. The Labute approximate surface area is 251 Å². The highest BCUT2D eigenvalue weighted by Gasteiger charge is 2.51. The quantitative estimate of drug-likeness (QED) is 0.205. The fraction of sp³-hybridized carbons (Fsp3) is 0.550. The number of alkyl halides is 1. The van der Waals surface area contributed by atoms with Crippen molar-refractivity contribution in [3.05, 3.63) is 34.0 Å². The van der Waals surface area contributed by atoms with Crippen molar-refractivity contribution in [2.24, 2.45) is 0 Å². The summed E-state index contributed by atoms with van der Waals surface area (Å²) in [5.41, 5.74) is -0.0116. The Kier molecular flexibility index (Phi) is 8.50. The lowest BCUT2D eigenvalue weighted by Gasteiger charge is -2.24. The van der Waals surface area contributed by atoms with E-state index in [4.69, 9.17) is 39.4 Å². The smallest absolute Gasteiger partial charge is 0.377 e. The number of ether oxygens (including phenoxy) is 2. The van der Waals surface area contributed by atoms with Gasteiger partial charge in [0, 0.05) is 13.7 Å². The van der Waals surface area contributed by atoms with Crippen molar-refractivity contribution in [3.8, 4) is 0 Å². The summed E-state index contributed by atoms with van der Waals surface area (Å²) in [5, 5.41) is 7.73. The number of hydrogen-bond donors (Lipinski definition) is 3. The Morgan fingerprint density at radius 2 is 2.09 bits per heavy atom. The number of nitrogens with one attached hydrogen (secondary N) is 1. The number of imidazole rings is 1. The van der Waals surface area contributed by atoms with Gasteiger partial charge in [-0.1, -0.05) is 17.5 Å². The molecule has 18 nitrogen and oxygen atoms in total. The molecule has 2 N–H and O–H groups in total. The lowest BCUT2D eigenvalue weighted by atomic mass is 10.1. The topological polar surface area (TPSA) is 213 Å². The van der Waals surface area contributed by atoms with E-state index in [0.717, 1.165) is 4.68 Å². The zero-order valence-electron chi connectivity index (χ0n) is 22.3. The van der Waals surface area contributed by atoms with Crippen LogP contribution < -0.4 is 5.56 Å². The third-order valence-electron chi connectivity index (χ3n) is 6.43. The van der Waals surface area contributed by atoms with Crippen LogP contribution in [-0.2, 0) is 63.7 Å². The second-order valence-electron chi connectivity index (χ2n) is 9.38. The number of aryl methyl sites for hydroxylation is 1. The van der Waals surface area contributed by atoms with Gasteiger partial charge in [-0.3, -0.25) is 18.4 Å². The number of rotatable bonds is 3. The van der Waals surface area contributed by atoms with E-state index in [1.165, 1.54) is 20.2 Å². The van der Waals surface area contributed by atoms with Gasteiger partial charge in [-0.05, 0) is 18.7 Å². The van der Waals surface area contributed by atoms with Crippen LogP contribution in [0.3, 0.4) is 0 Å². The van der Waals surface area contributed by atoms with Crippen LogP contribution in [-0.4, -0.2) is 88.1 Å². The molecule has 0 saturated carbocycles. The first kappa shape index (κ1) is 30.7. The normalized spacial score (nSPS) is 30.7. The first-order valence-corrected chi connectivity index (χ1v) is 17.8. The molecule has 0 amide bonds. The average Bonchev–Trinajstić information content (AvgIpc) is 3.60. The van der Waals surface area contributed by atoms with E-state index < -0.39 is 50.3 Å². The summed E-state index contributed by atoms with van der Waals surface area (Å²) in [6.07, 6.45) is -5.07. The van der Waals surface area contributed by atoms with Crippen molar-refractivity contribution in [1.29, 1.82) is 0 Å². The molecular weight excluding hydrogens is 655 g/mol. The Hall–Kier alpha value is -2.29. The number of nitrogens with zero attached hydrogens (tertiary/aromatic N) is 8. The third-order valence-corrected chi connectivity index (χ3v) is 9.65. The summed E-state index contributed by atoms with van der Waals surface area (Å²) in [6, 6.07) is 0. The number of H-pyrrole nitrogens is 1. The van der Waals surface area contributed by atoms with E-state index >= 15 is 4.39 Å². The minimum atomic E-state index is -4.21. The molecule has 2 unspecified atom stereocenters. The SMILES string of the molecule is COCc1ncc2nc3n(c2n1)CCOP(=O)(S)OC[C@H]1O[C@@H](n2nnc4c(=O)[nH]c(C)nc42)[C@H](OP(O)(=S)OC3)[C@@H]1F. The number of hydrogen-bond acceptors (Lipinski definition) is 15. The Balaban J connectivity index is 1.37. The summed E-state index contributed by atoms with van der Waals surface area (Å²) in [5.74, 6) is 0.833. The van der Waals surface area contributed by atoms with Crippen molar-refractivity contribution in [3.63, 3.8) is 0 Å². The minimum absolute atomic E-state index is 0.0407. The van der Waals surface area contributed by atoms with E-state index in [9.17, 15) is 14.3 Å². The average molecular weight is 680 g/mol. The summed E-state index contributed by atoms with van der Waals surface area (Å²) in [7, 11) is 1.50. The Morgan fingerprint density at radius 3 is 2.88 bits per heavy atom. The highest BCUT2D eigenvalue weighted by molar-refractivity contribution is 8.44. The van der Waals surface area contributed by atoms with Crippen LogP contribution >= 0.6 is 25.8 Å². The van der Waals surface area contributed by atoms with Crippen LogP contribution in [0.15, 0.2) is 11.0 Å². The van der Waals surface area contributed by atoms with Crippen LogP contribution in [0, 0.1) is 6.92 Å². The largest absolute Gasteiger partial charge is 0.386 e. The fourth-order valence-corrected chi connectivity index (χ4v) is 7.07. The fourth-order valence-electron chi connectivity index (χ4n) is 4.58. The molecule has 0 spiro atoms. The molecule has 2 aliphatic rings. The number of aromatic nitrogens is 9. The molecule has 1 saturated heterocycles. The monoisotopic (exact) mass is 679 g/mol. The zero-order chi connectivity index (χ0) is 30.5. The van der Waals surface area contributed by atoms with Gasteiger partial charge in [-0.25, -0.2) is 28.9 Å². The minimum Gasteiger partial charge on any atom is -0.377 e. The summed E-state index contributed by atoms with van der Waals surface area (Å²) >= 11 is 9.25. The molecule has 6 atom stereocenters. The van der Waals surface area contributed by atoms with E-state index in [0.29, 0.717) is 17.0 Å². The van der Waals surface area contributed by atoms with Crippen molar-refractivity contribution in [2.45, 2.75) is 51.3 Å². The number of thiol groups is 1. The molecule has 23 heteroatoms. The number of fused-ring (bicyclic) bond motifs is 6. The van der Waals surface area contributed by atoms with Gasteiger partial charge in [0.15, 0.2) is 35.0 Å². The lowest BCUT2D eigenvalue weighted by molar-refractivity contribution is -0.0524. The van der Waals surface area contributed by atoms with Gasteiger partial charge < -0.3 is 28.4 Å². The van der Waals surface area contributed by atoms with E-state index in [1.807, 2.05) is 0 Å². The van der Waals surface area contributed by atoms with E-state index in [-0.39, 0.29) is 49.2 Å². The molecule has 6 rings (SSSR count). The van der Waals surface area contributed by atoms with Crippen LogP contribution in [0.4, 0.5) is 4.39 Å². The summed E-state index contributed by atoms with van der Waals surface area (Å²) < 4.78 is 64.4. The van der Waals surface area contributed by atoms with Crippen molar-refractivity contribution < 1.29 is 41.4 Å². The number of aromatic amines is 1. The zero-order valence-corrected chi connectivity index (χ0v) is 25.8. The number of halogens is 1. The molecule has 2 aliphatic heterocycles. The molecule has 4 aromatic heterocycles. The second-order valence-corrected chi connectivity index (χ2v) is 15.1. The highest BCUT2D eigenvalue weighted by atomic mass is 32.7. The van der Waals surface area contributed by atoms with Gasteiger partial charge in [0.05, 0.1) is 19.4 Å². The summed E-state index contributed by atoms with van der Waals surface area (Å²) in [4.78, 5) is 43.2. The molecule has 232 valence electrons. The van der Waals surface area contributed by atoms with Crippen molar-refractivity contribution >= 4 is 59.9 Å². The van der Waals surface area contributed by atoms with E-state index in [2.05, 4.69) is 47.5 Å². The predicted molar refractivity (Wildman–Crippen MR) is 150 cm³/mol. The molecule has 43 heavy (non-hydrogen) atoms. The molecule has 4 aromatic rings. The first-order valence-electron chi connectivity index (χ1n) is 12.5. The maximum absolute atomic E-state index is 15.9. The van der Waals surface area contributed by atoms with Crippen LogP contribution in [0.5, 0.6) is 0 Å².